The average Bonchev–Trinajstić information content (AvgIpc) is 3.11. The van der Waals surface area contributed by atoms with Crippen LogP contribution in [0, 0.1) is 17.1 Å². The van der Waals surface area contributed by atoms with Gasteiger partial charge >= 0.3 is 0 Å². The molecule has 0 spiro atoms. The van der Waals surface area contributed by atoms with Gasteiger partial charge in [-0.1, -0.05) is 16.8 Å². The van der Waals surface area contributed by atoms with Crippen molar-refractivity contribution < 1.29 is 13.7 Å². The molecule has 3 aromatic rings. The number of halogens is 2. The summed E-state index contributed by atoms with van der Waals surface area (Å²) in [6, 6.07) is 8.89. The van der Waals surface area contributed by atoms with Crippen molar-refractivity contribution in [3.8, 4) is 17.2 Å². The summed E-state index contributed by atoms with van der Waals surface area (Å²) in [6.45, 7) is 0.177. The van der Waals surface area contributed by atoms with Gasteiger partial charge in [0, 0.05) is 22.8 Å². The van der Waals surface area contributed by atoms with E-state index in [-0.39, 0.29) is 22.8 Å². The maximum absolute atomic E-state index is 13.6. The second-order valence-corrected chi connectivity index (χ2v) is 5.50. The second kappa shape index (κ2) is 7.11. The van der Waals surface area contributed by atoms with Crippen LogP contribution in [0.5, 0.6) is 0 Å². The Hall–Kier alpha value is -3.24. The molecule has 1 aromatic carbocycles. The van der Waals surface area contributed by atoms with E-state index in [1.807, 2.05) is 6.07 Å². The van der Waals surface area contributed by atoms with Crippen LogP contribution in [-0.4, -0.2) is 16.0 Å². The molecule has 0 bridgehead atoms. The largest absolute Gasteiger partial charge is 0.364 e. The van der Waals surface area contributed by atoms with Crippen molar-refractivity contribution in [1.82, 2.24) is 15.5 Å². The molecule has 0 aliphatic heterocycles. The lowest BCUT2D eigenvalue weighted by atomic mass is 10.0. The summed E-state index contributed by atoms with van der Waals surface area (Å²) in [6.07, 6.45) is 2.68. The summed E-state index contributed by atoms with van der Waals surface area (Å²) in [5.41, 5.74) is 1.53. The molecule has 0 saturated carbocycles. The van der Waals surface area contributed by atoms with E-state index in [0.29, 0.717) is 16.8 Å². The van der Waals surface area contributed by atoms with Crippen molar-refractivity contribution in [2.24, 2.45) is 0 Å². The predicted molar refractivity (Wildman–Crippen MR) is 87.0 cm³/mol. The Morgan fingerprint density at radius 2 is 2.20 bits per heavy atom. The standard InChI is InChI=1S/C17H10ClFN4O2/c18-12-3-10(4-13(19)6-12)15-5-11(8-21-16(15)7-20)17(24)22-9-14-1-2-25-23-14/h1-6,8H,9H2,(H,22,24). The number of rotatable bonds is 4. The topological polar surface area (TPSA) is 91.8 Å². The molecule has 1 N–H and O–H groups in total. The van der Waals surface area contributed by atoms with Crippen molar-refractivity contribution in [2.45, 2.75) is 6.54 Å². The van der Waals surface area contributed by atoms with E-state index in [2.05, 4.69) is 20.0 Å². The first kappa shape index (κ1) is 16.6. The summed E-state index contributed by atoms with van der Waals surface area (Å²) in [5, 5.41) is 15.7. The first-order chi connectivity index (χ1) is 12.1. The van der Waals surface area contributed by atoms with Gasteiger partial charge in [-0.05, 0) is 29.8 Å². The highest BCUT2D eigenvalue weighted by molar-refractivity contribution is 6.30. The van der Waals surface area contributed by atoms with Crippen LogP contribution in [0.15, 0.2) is 47.3 Å². The maximum Gasteiger partial charge on any atom is 0.253 e. The Labute approximate surface area is 146 Å². The Balaban J connectivity index is 1.92. The van der Waals surface area contributed by atoms with Gasteiger partial charge in [-0.2, -0.15) is 5.26 Å². The minimum atomic E-state index is -0.549. The lowest BCUT2D eigenvalue weighted by Gasteiger charge is -2.08. The van der Waals surface area contributed by atoms with Gasteiger partial charge in [0.15, 0.2) is 0 Å². The molecule has 1 amide bonds. The maximum atomic E-state index is 13.6. The Morgan fingerprint density at radius 1 is 1.36 bits per heavy atom. The van der Waals surface area contributed by atoms with Gasteiger partial charge in [0.2, 0.25) is 0 Å². The fourth-order valence-electron chi connectivity index (χ4n) is 2.21. The molecule has 0 saturated heterocycles. The van der Waals surface area contributed by atoms with Gasteiger partial charge in [-0.15, -0.1) is 0 Å². The van der Waals surface area contributed by atoms with E-state index >= 15 is 0 Å². The monoisotopic (exact) mass is 356 g/mol. The molecule has 0 radical (unpaired) electrons. The minimum absolute atomic E-state index is 0.0646. The van der Waals surface area contributed by atoms with Crippen molar-refractivity contribution in [3.05, 3.63) is 70.6 Å². The van der Waals surface area contributed by atoms with E-state index in [1.165, 1.54) is 30.7 Å². The minimum Gasteiger partial charge on any atom is -0.364 e. The van der Waals surface area contributed by atoms with Crippen LogP contribution in [0.2, 0.25) is 5.02 Å². The van der Waals surface area contributed by atoms with E-state index in [1.54, 1.807) is 6.07 Å². The lowest BCUT2D eigenvalue weighted by Crippen LogP contribution is -2.23. The van der Waals surface area contributed by atoms with Gasteiger partial charge in [-0.3, -0.25) is 4.79 Å². The van der Waals surface area contributed by atoms with E-state index in [9.17, 15) is 14.4 Å². The van der Waals surface area contributed by atoms with Gasteiger partial charge in [0.25, 0.3) is 5.91 Å². The number of nitrogens with zero attached hydrogens (tertiary/aromatic N) is 3. The van der Waals surface area contributed by atoms with E-state index < -0.39 is 11.7 Å². The molecule has 2 aromatic heterocycles. The highest BCUT2D eigenvalue weighted by Crippen LogP contribution is 2.27. The molecule has 8 heteroatoms. The van der Waals surface area contributed by atoms with Crippen molar-refractivity contribution in [3.63, 3.8) is 0 Å². The predicted octanol–water partition coefficient (Wildman–Crippen LogP) is 3.33. The highest BCUT2D eigenvalue weighted by Gasteiger charge is 2.14. The molecule has 0 atom stereocenters. The average molecular weight is 357 g/mol. The third kappa shape index (κ3) is 3.82. The Morgan fingerprint density at radius 3 is 2.88 bits per heavy atom. The highest BCUT2D eigenvalue weighted by atomic mass is 35.5. The Bertz CT molecular complexity index is 947. The smallest absolute Gasteiger partial charge is 0.253 e. The fourth-order valence-corrected chi connectivity index (χ4v) is 2.43. The van der Waals surface area contributed by atoms with Crippen molar-refractivity contribution >= 4 is 17.5 Å². The first-order valence-electron chi connectivity index (χ1n) is 7.11. The van der Waals surface area contributed by atoms with Crippen LogP contribution in [-0.2, 0) is 6.54 Å². The number of nitrogens with one attached hydrogen (secondary N) is 1. The van der Waals surface area contributed by atoms with Crippen LogP contribution in [0.3, 0.4) is 0 Å². The van der Waals surface area contributed by atoms with Crippen LogP contribution in [0.4, 0.5) is 4.39 Å². The quantitative estimate of drug-likeness (QED) is 0.774. The molecule has 0 aliphatic rings. The summed E-state index contributed by atoms with van der Waals surface area (Å²) < 4.78 is 18.3. The molecule has 25 heavy (non-hydrogen) atoms. The van der Waals surface area contributed by atoms with Gasteiger partial charge < -0.3 is 9.84 Å². The number of hydrogen-bond donors (Lipinski definition) is 1. The van der Waals surface area contributed by atoms with Crippen LogP contribution < -0.4 is 5.32 Å². The molecule has 124 valence electrons. The van der Waals surface area contributed by atoms with Gasteiger partial charge in [-0.25, -0.2) is 9.37 Å². The molecule has 0 unspecified atom stereocenters. The molecular formula is C17H10ClFN4O2. The summed E-state index contributed by atoms with van der Waals surface area (Å²) in [4.78, 5) is 16.2. The molecule has 0 fully saturated rings. The Kier molecular flexibility index (Phi) is 4.73. The molecular weight excluding hydrogens is 347 g/mol. The second-order valence-electron chi connectivity index (χ2n) is 5.06. The number of nitriles is 1. The number of carbonyl (C=O) groups is 1. The van der Waals surface area contributed by atoms with Crippen LogP contribution >= 0.6 is 11.6 Å². The third-order valence-electron chi connectivity index (χ3n) is 3.35. The van der Waals surface area contributed by atoms with E-state index in [4.69, 9.17) is 11.6 Å². The van der Waals surface area contributed by atoms with Crippen LogP contribution in [0.1, 0.15) is 21.7 Å². The van der Waals surface area contributed by atoms with Gasteiger partial charge in [0.05, 0.1) is 12.1 Å². The van der Waals surface area contributed by atoms with E-state index in [0.717, 1.165) is 6.07 Å². The van der Waals surface area contributed by atoms with Gasteiger partial charge in [0.1, 0.15) is 29.5 Å². The zero-order chi connectivity index (χ0) is 17.8. The molecule has 0 aliphatic carbocycles. The summed E-state index contributed by atoms with van der Waals surface area (Å²) in [7, 11) is 0. The zero-order valence-electron chi connectivity index (χ0n) is 12.7. The van der Waals surface area contributed by atoms with Crippen LogP contribution in [0.25, 0.3) is 11.1 Å². The summed E-state index contributed by atoms with van der Waals surface area (Å²) in [5.74, 6) is -0.962. The zero-order valence-corrected chi connectivity index (χ0v) is 13.4. The number of amides is 1. The number of benzene rings is 1. The SMILES string of the molecule is N#Cc1ncc(C(=O)NCc2ccon2)cc1-c1cc(F)cc(Cl)c1. The number of aromatic nitrogens is 2. The number of hydrogen-bond acceptors (Lipinski definition) is 5. The lowest BCUT2D eigenvalue weighted by molar-refractivity contribution is 0.0949. The van der Waals surface area contributed by atoms with Crippen molar-refractivity contribution in [1.29, 1.82) is 5.26 Å². The third-order valence-corrected chi connectivity index (χ3v) is 3.57. The normalized spacial score (nSPS) is 10.3. The molecule has 2 heterocycles. The number of carbonyl (C=O) groups excluding carboxylic acids is 1. The number of pyridine rings is 1. The summed E-state index contributed by atoms with van der Waals surface area (Å²) >= 11 is 5.87. The molecule has 6 nitrogen and oxygen atoms in total. The van der Waals surface area contributed by atoms with Crippen molar-refractivity contribution in [2.75, 3.05) is 0 Å². The first-order valence-corrected chi connectivity index (χ1v) is 7.48. The molecule has 3 rings (SSSR count). The fraction of sp³-hybridized carbons (Fsp3) is 0.0588.